The monoisotopic (exact) mass is 210 g/mol. The highest BCUT2D eigenvalue weighted by molar-refractivity contribution is 5.53. The molecule has 15 heavy (non-hydrogen) atoms. The molecule has 2 N–H and O–H groups in total. The van der Waals surface area contributed by atoms with E-state index in [0.29, 0.717) is 0 Å². The molecule has 0 aliphatic rings. The number of aryl methyl sites for hydroxylation is 1. The van der Waals surface area contributed by atoms with Gasteiger partial charge in [0.1, 0.15) is 0 Å². The molecule has 0 bridgehead atoms. The van der Waals surface area contributed by atoms with Crippen LogP contribution in [0.25, 0.3) is 0 Å². The molecular formula is C12H18O3. The standard InChI is InChI=1S/C11H16.CH2O3/c1-9-7-5-6-8-10(9)11(2,3)4;2-1(3)4/h5-8H,1-4H3;(H2,2,3,4). The summed E-state index contributed by atoms with van der Waals surface area (Å²) in [6.07, 6.45) is -1.83. The summed E-state index contributed by atoms with van der Waals surface area (Å²) < 4.78 is 0. The molecule has 1 aromatic carbocycles. The molecule has 0 heterocycles. The van der Waals surface area contributed by atoms with E-state index in [1.165, 1.54) is 11.1 Å². The molecule has 0 spiro atoms. The first-order valence-electron chi connectivity index (χ1n) is 4.73. The molecule has 1 rings (SSSR count). The molecule has 0 amide bonds. The smallest absolute Gasteiger partial charge is 0.450 e. The van der Waals surface area contributed by atoms with Gasteiger partial charge < -0.3 is 10.2 Å². The zero-order valence-electron chi connectivity index (χ0n) is 9.61. The van der Waals surface area contributed by atoms with Crippen molar-refractivity contribution in [3.8, 4) is 0 Å². The highest BCUT2D eigenvalue weighted by atomic mass is 16.6. The van der Waals surface area contributed by atoms with Gasteiger partial charge in [0, 0.05) is 0 Å². The van der Waals surface area contributed by atoms with Crippen LogP contribution in [0.4, 0.5) is 4.79 Å². The number of benzene rings is 1. The van der Waals surface area contributed by atoms with E-state index in [0.717, 1.165) is 0 Å². The van der Waals surface area contributed by atoms with Crippen molar-refractivity contribution in [1.82, 2.24) is 0 Å². The summed E-state index contributed by atoms with van der Waals surface area (Å²) >= 11 is 0. The van der Waals surface area contributed by atoms with Gasteiger partial charge in [0.25, 0.3) is 0 Å². The Morgan fingerprint density at radius 2 is 1.53 bits per heavy atom. The van der Waals surface area contributed by atoms with Crippen LogP contribution in [0.15, 0.2) is 24.3 Å². The third-order valence-electron chi connectivity index (χ3n) is 1.95. The van der Waals surface area contributed by atoms with E-state index >= 15 is 0 Å². The Balaban J connectivity index is 0.000000423. The van der Waals surface area contributed by atoms with Crippen LogP contribution in [-0.4, -0.2) is 16.4 Å². The van der Waals surface area contributed by atoms with E-state index < -0.39 is 6.16 Å². The zero-order chi connectivity index (χ0) is 12.1. The van der Waals surface area contributed by atoms with Gasteiger partial charge in [-0.1, -0.05) is 45.0 Å². The largest absolute Gasteiger partial charge is 0.503 e. The van der Waals surface area contributed by atoms with E-state index in [9.17, 15) is 0 Å². The normalized spacial score (nSPS) is 10.1. The maximum Gasteiger partial charge on any atom is 0.503 e. The SMILES string of the molecule is Cc1ccccc1C(C)(C)C.O=C(O)O. The molecule has 84 valence electrons. The molecule has 1 aromatic rings. The van der Waals surface area contributed by atoms with Crippen molar-refractivity contribution in [3.63, 3.8) is 0 Å². The second-order valence-electron chi connectivity index (χ2n) is 4.35. The van der Waals surface area contributed by atoms with Crippen LogP contribution in [0, 0.1) is 6.92 Å². The van der Waals surface area contributed by atoms with E-state index in [-0.39, 0.29) is 5.41 Å². The Bertz CT molecular complexity index is 320. The minimum Gasteiger partial charge on any atom is -0.450 e. The Morgan fingerprint density at radius 1 is 1.13 bits per heavy atom. The van der Waals surface area contributed by atoms with Crippen LogP contribution >= 0.6 is 0 Å². The van der Waals surface area contributed by atoms with Gasteiger partial charge in [-0.3, -0.25) is 0 Å². The zero-order valence-corrected chi connectivity index (χ0v) is 9.61. The highest BCUT2D eigenvalue weighted by Gasteiger charge is 2.14. The summed E-state index contributed by atoms with van der Waals surface area (Å²) in [6.45, 7) is 8.90. The fourth-order valence-electron chi connectivity index (χ4n) is 1.41. The summed E-state index contributed by atoms with van der Waals surface area (Å²) in [4.78, 5) is 8.56. The van der Waals surface area contributed by atoms with E-state index in [2.05, 4.69) is 52.0 Å². The Kier molecular flexibility index (Phi) is 4.85. The average molecular weight is 210 g/mol. The van der Waals surface area contributed by atoms with E-state index in [4.69, 9.17) is 15.0 Å². The lowest BCUT2D eigenvalue weighted by atomic mass is 9.84. The third kappa shape index (κ3) is 5.73. The van der Waals surface area contributed by atoms with Gasteiger partial charge in [-0.05, 0) is 23.5 Å². The maximum absolute atomic E-state index is 8.56. The Hall–Kier alpha value is -1.51. The molecule has 0 saturated heterocycles. The number of carboxylic acid groups (broad SMARTS) is 2. The second kappa shape index (κ2) is 5.39. The van der Waals surface area contributed by atoms with Gasteiger partial charge in [0.15, 0.2) is 0 Å². The number of carbonyl (C=O) groups is 1. The summed E-state index contributed by atoms with van der Waals surface area (Å²) in [5, 5.41) is 13.9. The third-order valence-corrected chi connectivity index (χ3v) is 1.95. The van der Waals surface area contributed by atoms with Crippen molar-refractivity contribution >= 4 is 6.16 Å². The lowest BCUT2D eigenvalue weighted by Crippen LogP contribution is -2.12. The van der Waals surface area contributed by atoms with Crippen LogP contribution in [-0.2, 0) is 5.41 Å². The first-order valence-corrected chi connectivity index (χ1v) is 4.73. The summed E-state index contributed by atoms with van der Waals surface area (Å²) in [5.41, 5.74) is 3.12. The van der Waals surface area contributed by atoms with Gasteiger partial charge in [0.05, 0.1) is 0 Å². The van der Waals surface area contributed by atoms with Gasteiger partial charge in [-0.15, -0.1) is 0 Å². The fourth-order valence-corrected chi connectivity index (χ4v) is 1.41. The van der Waals surface area contributed by atoms with Crippen LogP contribution in [0.3, 0.4) is 0 Å². The minimum atomic E-state index is -1.83. The average Bonchev–Trinajstić information content (AvgIpc) is 2.01. The number of hydrogen-bond acceptors (Lipinski definition) is 1. The lowest BCUT2D eigenvalue weighted by Gasteiger charge is -2.21. The van der Waals surface area contributed by atoms with Gasteiger partial charge in [-0.2, -0.15) is 0 Å². The van der Waals surface area contributed by atoms with E-state index in [1.54, 1.807) is 0 Å². The van der Waals surface area contributed by atoms with E-state index in [1.807, 2.05) is 0 Å². The van der Waals surface area contributed by atoms with Crippen molar-refractivity contribution in [2.75, 3.05) is 0 Å². The molecule has 0 aromatic heterocycles. The van der Waals surface area contributed by atoms with Crippen molar-refractivity contribution in [1.29, 1.82) is 0 Å². The molecule has 0 radical (unpaired) electrons. The van der Waals surface area contributed by atoms with Gasteiger partial charge >= 0.3 is 6.16 Å². The lowest BCUT2D eigenvalue weighted by molar-refractivity contribution is 0.137. The van der Waals surface area contributed by atoms with Gasteiger partial charge in [-0.25, -0.2) is 4.79 Å². The number of rotatable bonds is 0. The summed E-state index contributed by atoms with van der Waals surface area (Å²) in [6, 6.07) is 8.56. The summed E-state index contributed by atoms with van der Waals surface area (Å²) in [5.74, 6) is 0. The minimum absolute atomic E-state index is 0.283. The quantitative estimate of drug-likeness (QED) is 0.688. The van der Waals surface area contributed by atoms with Crippen molar-refractivity contribution in [2.24, 2.45) is 0 Å². The highest BCUT2D eigenvalue weighted by Crippen LogP contribution is 2.24. The predicted octanol–water partition coefficient (Wildman–Crippen LogP) is 3.51. The molecule has 0 atom stereocenters. The first-order chi connectivity index (χ1) is 6.75. The van der Waals surface area contributed by atoms with Crippen LogP contribution in [0.5, 0.6) is 0 Å². The van der Waals surface area contributed by atoms with Crippen molar-refractivity contribution in [2.45, 2.75) is 33.1 Å². The number of hydrogen-bond donors (Lipinski definition) is 2. The van der Waals surface area contributed by atoms with Crippen LogP contribution in [0.1, 0.15) is 31.9 Å². The second-order valence-corrected chi connectivity index (χ2v) is 4.35. The molecule has 0 fully saturated rings. The van der Waals surface area contributed by atoms with Crippen LogP contribution < -0.4 is 0 Å². The molecule has 3 nitrogen and oxygen atoms in total. The molecule has 0 aliphatic heterocycles. The topological polar surface area (TPSA) is 57.5 Å². The summed E-state index contributed by atoms with van der Waals surface area (Å²) in [7, 11) is 0. The molecule has 0 unspecified atom stereocenters. The molecular weight excluding hydrogens is 192 g/mol. The van der Waals surface area contributed by atoms with Crippen molar-refractivity contribution < 1.29 is 15.0 Å². The first kappa shape index (κ1) is 13.5. The molecule has 0 aliphatic carbocycles. The molecule has 0 saturated carbocycles. The Labute approximate surface area is 90.4 Å². The maximum atomic E-state index is 8.56. The fraction of sp³-hybridized carbons (Fsp3) is 0.417. The Morgan fingerprint density at radius 3 is 1.80 bits per heavy atom. The van der Waals surface area contributed by atoms with Crippen LogP contribution in [0.2, 0.25) is 0 Å². The predicted molar refractivity (Wildman–Crippen MR) is 60.5 cm³/mol. The molecule has 3 heteroatoms. The van der Waals surface area contributed by atoms with Crippen molar-refractivity contribution in [3.05, 3.63) is 35.4 Å². The van der Waals surface area contributed by atoms with Gasteiger partial charge in [0.2, 0.25) is 0 Å².